The monoisotopic (exact) mass is 500 g/mol. The molecule has 8 heteroatoms. The lowest BCUT2D eigenvalue weighted by molar-refractivity contribution is -0.132. The van der Waals surface area contributed by atoms with Gasteiger partial charge >= 0.3 is 5.91 Å². The van der Waals surface area contributed by atoms with Crippen molar-refractivity contribution < 1.29 is 24.2 Å². The number of hydrogen-bond donors (Lipinski definition) is 1. The summed E-state index contributed by atoms with van der Waals surface area (Å²) in [7, 11) is 1.55. The number of ketones is 1. The molecule has 0 unspecified atom stereocenters. The predicted molar refractivity (Wildman–Crippen MR) is 140 cm³/mol. The lowest BCUT2D eigenvalue weighted by Crippen LogP contribution is -2.29. The van der Waals surface area contributed by atoms with E-state index >= 15 is 0 Å². The van der Waals surface area contributed by atoms with Crippen LogP contribution >= 0.6 is 11.3 Å². The highest BCUT2D eigenvalue weighted by Gasteiger charge is 2.48. The van der Waals surface area contributed by atoms with E-state index in [-0.39, 0.29) is 11.3 Å². The molecule has 0 radical (unpaired) electrons. The molecule has 1 saturated heterocycles. The van der Waals surface area contributed by atoms with E-state index in [4.69, 9.17) is 9.47 Å². The number of benzene rings is 3. The SMILES string of the molecule is CCOc1ccc([C@H]2C(=C(O)c3ccc(OC)cc3)C(=O)C(=O)N2c2nc3ccc(C)cc3s2)cc1. The maximum absolute atomic E-state index is 13.4. The number of methoxy groups -OCH3 is 1. The number of anilines is 1. The van der Waals surface area contributed by atoms with Gasteiger partial charge in [-0.3, -0.25) is 14.5 Å². The first-order chi connectivity index (χ1) is 17.4. The summed E-state index contributed by atoms with van der Waals surface area (Å²) in [5.41, 5.74) is 2.88. The Morgan fingerprint density at radius 3 is 2.39 bits per heavy atom. The van der Waals surface area contributed by atoms with Gasteiger partial charge in [0.1, 0.15) is 17.3 Å². The van der Waals surface area contributed by atoms with Gasteiger partial charge in [-0.25, -0.2) is 4.98 Å². The topological polar surface area (TPSA) is 89.0 Å². The van der Waals surface area contributed by atoms with Crippen LogP contribution in [0.5, 0.6) is 11.5 Å². The van der Waals surface area contributed by atoms with Gasteiger partial charge in [0.05, 0.1) is 35.5 Å². The Balaban J connectivity index is 1.68. The van der Waals surface area contributed by atoms with Gasteiger partial charge in [0.2, 0.25) is 0 Å². The first-order valence-corrected chi connectivity index (χ1v) is 12.3. The minimum absolute atomic E-state index is 0.00441. The number of hydrogen-bond acceptors (Lipinski definition) is 7. The van der Waals surface area contributed by atoms with Crippen molar-refractivity contribution >= 4 is 44.1 Å². The van der Waals surface area contributed by atoms with Crippen LogP contribution in [0.25, 0.3) is 16.0 Å². The lowest BCUT2D eigenvalue weighted by Gasteiger charge is -2.23. The molecular formula is C28H24N2O5S. The second-order valence-electron chi connectivity index (χ2n) is 8.37. The largest absolute Gasteiger partial charge is 0.507 e. The maximum atomic E-state index is 13.4. The second-order valence-corrected chi connectivity index (χ2v) is 9.38. The summed E-state index contributed by atoms with van der Waals surface area (Å²) in [6.07, 6.45) is 0. The molecule has 1 atom stereocenters. The minimum atomic E-state index is -0.857. The zero-order valence-corrected chi connectivity index (χ0v) is 20.8. The summed E-state index contributed by atoms with van der Waals surface area (Å²) >= 11 is 1.33. The zero-order chi connectivity index (χ0) is 25.4. The van der Waals surface area contributed by atoms with Crippen molar-refractivity contribution in [3.05, 3.63) is 89.0 Å². The molecule has 2 heterocycles. The Labute approximate surface area is 212 Å². The van der Waals surface area contributed by atoms with E-state index in [1.165, 1.54) is 16.2 Å². The molecule has 1 N–H and O–H groups in total. The summed E-state index contributed by atoms with van der Waals surface area (Å²) in [5, 5.41) is 11.7. The molecule has 7 nitrogen and oxygen atoms in total. The summed E-state index contributed by atoms with van der Waals surface area (Å²) in [5.74, 6) is -0.477. The molecule has 1 amide bonds. The maximum Gasteiger partial charge on any atom is 0.301 e. The Morgan fingerprint density at radius 1 is 1.03 bits per heavy atom. The van der Waals surface area contributed by atoms with Crippen molar-refractivity contribution in [2.75, 3.05) is 18.6 Å². The molecule has 0 bridgehead atoms. The first-order valence-electron chi connectivity index (χ1n) is 11.5. The number of aliphatic hydroxyl groups is 1. The molecular weight excluding hydrogens is 476 g/mol. The highest BCUT2D eigenvalue weighted by Crippen LogP contribution is 2.44. The van der Waals surface area contributed by atoms with Crippen molar-refractivity contribution in [3.8, 4) is 11.5 Å². The molecule has 1 aromatic heterocycles. The van der Waals surface area contributed by atoms with Crippen LogP contribution in [0.4, 0.5) is 5.13 Å². The van der Waals surface area contributed by atoms with Crippen LogP contribution in [0.2, 0.25) is 0 Å². The number of rotatable bonds is 6. The number of aliphatic hydroxyl groups excluding tert-OH is 1. The summed E-state index contributed by atoms with van der Waals surface area (Å²) < 4.78 is 11.7. The van der Waals surface area contributed by atoms with Gasteiger partial charge in [0.25, 0.3) is 5.78 Å². The standard InChI is InChI=1S/C28H24N2O5S/c1-4-35-20-12-6-17(7-13-20)24-23(25(31)18-8-10-19(34-3)11-9-18)26(32)27(33)30(24)28-29-21-14-5-16(2)15-22(21)36-28/h5-15,24,31H,4H2,1-3H3/t24-/m0/s1. The number of ether oxygens (including phenoxy) is 2. The number of amides is 1. The van der Waals surface area contributed by atoms with Crippen LogP contribution in [-0.2, 0) is 9.59 Å². The fraction of sp³-hybridized carbons (Fsp3) is 0.179. The number of nitrogens with zero attached hydrogens (tertiary/aromatic N) is 2. The van der Waals surface area contributed by atoms with Crippen molar-refractivity contribution in [1.29, 1.82) is 0 Å². The highest BCUT2D eigenvalue weighted by molar-refractivity contribution is 7.22. The Bertz CT molecular complexity index is 1490. The van der Waals surface area contributed by atoms with Gasteiger partial charge in [-0.05, 0) is 73.5 Å². The molecule has 1 aliphatic rings. The molecule has 0 spiro atoms. The number of aromatic nitrogens is 1. The third kappa shape index (κ3) is 4.09. The third-order valence-corrected chi connectivity index (χ3v) is 7.07. The predicted octanol–water partition coefficient (Wildman–Crippen LogP) is 5.64. The van der Waals surface area contributed by atoms with E-state index < -0.39 is 17.7 Å². The number of carbonyl (C=O) groups excluding carboxylic acids is 2. The quantitative estimate of drug-likeness (QED) is 0.209. The molecule has 1 fully saturated rings. The summed E-state index contributed by atoms with van der Waals surface area (Å²) in [6, 6.07) is 18.8. The number of aryl methyl sites for hydroxylation is 1. The van der Waals surface area contributed by atoms with E-state index in [1.807, 2.05) is 32.0 Å². The number of carbonyl (C=O) groups is 2. The van der Waals surface area contributed by atoms with Gasteiger partial charge in [0, 0.05) is 5.56 Å². The summed E-state index contributed by atoms with van der Waals surface area (Å²) in [4.78, 5) is 32.8. The number of fused-ring (bicyclic) bond motifs is 1. The molecule has 0 saturated carbocycles. The normalized spacial score (nSPS) is 17.1. The van der Waals surface area contributed by atoms with Crippen molar-refractivity contribution in [3.63, 3.8) is 0 Å². The fourth-order valence-corrected chi connectivity index (χ4v) is 5.38. The van der Waals surface area contributed by atoms with E-state index in [2.05, 4.69) is 4.98 Å². The van der Waals surface area contributed by atoms with Gasteiger partial charge in [-0.15, -0.1) is 0 Å². The number of thiazole rings is 1. The van der Waals surface area contributed by atoms with Crippen LogP contribution in [0.15, 0.2) is 72.3 Å². The molecule has 1 aliphatic heterocycles. The first kappa shape index (κ1) is 23.6. The Kier molecular flexibility index (Phi) is 6.20. The molecule has 0 aliphatic carbocycles. The minimum Gasteiger partial charge on any atom is -0.507 e. The average Bonchev–Trinajstić information content (AvgIpc) is 3.42. The third-order valence-electron chi connectivity index (χ3n) is 6.05. The lowest BCUT2D eigenvalue weighted by atomic mass is 9.95. The number of Topliss-reactive ketones (excluding diaryl/α,β-unsaturated/α-hetero) is 1. The Hall–Kier alpha value is -4.17. The van der Waals surface area contributed by atoms with Crippen LogP contribution in [0.1, 0.15) is 29.7 Å². The van der Waals surface area contributed by atoms with Gasteiger partial charge in [0.15, 0.2) is 5.13 Å². The van der Waals surface area contributed by atoms with E-state index in [9.17, 15) is 14.7 Å². The van der Waals surface area contributed by atoms with Crippen LogP contribution in [0.3, 0.4) is 0 Å². The van der Waals surface area contributed by atoms with Crippen molar-refractivity contribution in [1.82, 2.24) is 4.98 Å². The molecule has 3 aromatic carbocycles. The zero-order valence-electron chi connectivity index (χ0n) is 20.0. The van der Waals surface area contributed by atoms with E-state index in [0.29, 0.717) is 34.4 Å². The van der Waals surface area contributed by atoms with Crippen LogP contribution in [-0.4, -0.2) is 35.5 Å². The Morgan fingerprint density at radius 2 is 1.72 bits per heavy atom. The van der Waals surface area contributed by atoms with E-state index in [0.717, 1.165) is 15.8 Å². The smallest absolute Gasteiger partial charge is 0.301 e. The summed E-state index contributed by atoms with van der Waals surface area (Å²) in [6.45, 7) is 4.40. The average molecular weight is 501 g/mol. The van der Waals surface area contributed by atoms with Gasteiger partial charge in [-0.1, -0.05) is 29.5 Å². The van der Waals surface area contributed by atoms with Gasteiger partial charge in [-0.2, -0.15) is 0 Å². The van der Waals surface area contributed by atoms with Crippen molar-refractivity contribution in [2.24, 2.45) is 0 Å². The van der Waals surface area contributed by atoms with Crippen LogP contribution in [0, 0.1) is 6.92 Å². The molecule has 36 heavy (non-hydrogen) atoms. The highest BCUT2D eigenvalue weighted by atomic mass is 32.1. The second kappa shape index (κ2) is 9.47. The molecule has 5 rings (SSSR count). The molecule has 182 valence electrons. The van der Waals surface area contributed by atoms with E-state index in [1.54, 1.807) is 55.6 Å². The van der Waals surface area contributed by atoms with Crippen molar-refractivity contribution in [2.45, 2.75) is 19.9 Å². The van der Waals surface area contributed by atoms with Crippen LogP contribution < -0.4 is 14.4 Å². The van der Waals surface area contributed by atoms with Gasteiger partial charge < -0.3 is 14.6 Å². The molecule has 4 aromatic rings. The fourth-order valence-electron chi connectivity index (χ4n) is 4.29.